The Morgan fingerprint density at radius 2 is 1.68 bits per heavy atom. The van der Waals surface area contributed by atoms with Crippen LogP contribution in [-0.4, -0.2) is 52.1 Å². The van der Waals surface area contributed by atoms with Crippen LogP contribution in [0.3, 0.4) is 0 Å². The number of amides is 1. The van der Waals surface area contributed by atoms with Crippen LogP contribution in [0.15, 0.2) is 28.7 Å². The number of aryl methyl sites for hydroxylation is 1. The Labute approximate surface area is 166 Å². The molecule has 0 radical (unpaired) electrons. The Kier molecular flexibility index (Phi) is 6.05. The number of benzene rings is 1. The molecule has 0 spiro atoms. The molecule has 0 atom stereocenters. The zero-order chi connectivity index (χ0) is 19.3. The summed E-state index contributed by atoms with van der Waals surface area (Å²) < 4.78 is 5.86. The maximum absolute atomic E-state index is 12.8. The molecule has 6 nitrogen and oxygen atoms in total. The molecular weight excluding hydrogens is 352 g/mol. The van der Waals surface area contributed by atoms with Crippen LogP contribution in [0.1, 0.15) is 50.0 Å². The summed E-state index contributed by atoms with van der Waals surface area (Å²) in [5.74, 6) is 1.77. The second kappa shape index (κ2) is 8.86. The number of piperidine rings is 1. The van der Waals surface area contributed by atoms with E-state index >= 15 is 0 Å². The minimum absolute atomic E-state index is 0.181. The van der Waals surface area contributed by atoms with Crippen molar-refractivity contribution in [3.05, 3.63) is 35.7 Å². The molecule has 0 aliphatic carbocycles. The van der Waals surface area contributed by atoms with Gasteiger partial charge < -0.3 is 9.32 Å². The zero-order valence-corrected chi connectivity index (χ0v) is 16.8. The monoisotopic (exact) mass is 382 g/mol. The number of aromatic nitrogens is 2. The van der Waals surface area contributed by atoms with Crippen LogP contribution in [0.5, 0.6) is 0 Å². The van der Waals surface area contributed by atoms with Crippen molar-refractivity contribution in [2.45, 2.75) is 52.0 Å². The minimum atomic E-state index is 0.181. The van der Waals surface area contributed by atoms with Crippen molar-refractivity contribution in [1.82, 2.24) is 20.0 Å². The van der Waals surface area contributed by atoms with Gasteiger partial charge in [-0.05, 0) is 57.8 Å². The second-order valence-corrected chi connectivity index (χ2v) is 8.16. The summed E-state index contributed by atoms with van der Waals surface area (Å²) in [5.41, 5.74) is 2.16. The Hall–Kier alpha value is -2.21. The topological polar surface area (TPSA) is 62.5 Å². The van der Waals surface area contributed by atoms with Crippen LogP contribution in [0.25, 0.3) is 11.5 Å². The highest BCUT2D eigenvalue weighted by Gasteiger charge is 2.29. The molecule has 1 amide bonds. The molecule has 2 aliphatic heterocycles. The van der Waals surface area contributed by atoms with Gasteiger partial charge in [-0.15, -0.1) is 10.2 Å². The predicted octanol–water partition coefficient (Wildman–Crippen LogP) is 3.66. The van der Waals surface area contributed by atoms with Gasteiger partial charge in [0, 0.05) is 24.6 Å². The van der Waals surface area contributed by atoms with Crippen molar-refractivity contribution in [3.8, 4) is 11.5 Å². The van der Waals surface area contributed by atoms with Gasteiger partial charge in [0.2, 0.25) is 17.7 Å². The van der Waals surface area contributed by atoms with Crippen molar-refractivity contribution in [1.29, 1.82) is 0 Å². The molecule has 0 saturated carbocycles. The van der Waals surface area contributed by atoms with E-state index in [-0.39, 0.29) is 5.92 Å². The maximum atomic E-state index is 12.8. The number of likely N-dealkylation sites (tertiary alicyclic amines) is 2. The Bertz CT molecular complexity index is 770. The van der Waals surface area contributed by atoms with Gasteiger partial charge in [-0.2, -0.15) is 0 Å². The lowest BCUT2D eigenvalue weighted by atomic mass is 9.95. The van der Waals surface area contributed by atoms with Gasteiger partial charge >= 0.3 is 0 Å². The first-order chi connectivity index (χ1) is 13.7. The molecule has 3 heterocycles. The van der Waals surface area contributed by atoms with E-state index in [1.807, 2.05) is 24.3 Å². The van der Waals surface area contributed by atoms with Gasteiger partial charge in [-0.3, -0.25) is 9.69 Å². The molecule has 0 unspecified atom stereocenters. The number of hydrogen-bond acceptors (Lipinski definition) is 5. The van der Waals surface area contributed by atoms with Crippen LogP contribution in [0.4, 0.5) is 0 Å². The summed E-state index contributed by atoms with van der Waals surface area (Å²) in [6.45, 7) is 6.43. The van der Waals surface area contributed by atoms with E-state index in [0.717, 1.165) is 57.4 Å². The molecule has 2 aliphatic rings. The molecule has 0 bridgehead atoms. The first-order valence-corrected chi connectivity index (χ1v) is 10.6. The average Bonchev–Trinajstić information content (AvgIpc) is 3.01. The summed E-state index contributed by atoms with van der Waals surface area (Å²) in [6.07, 6.45) is 6.69. The van der Waals surface area contributed by atoms with Gasteiger partial charge in [0.1, 0.15) is 0 Å². The molecular formula is C22H30N4O2. The van der Waals surface area contributed by atoms with E-state index in [2.05, 4.69) is 26.9 Å². The maximum Gasteiger partial charge on any atom is 0.247 e. The van der Waals surface area contributed by atoms with Gasteiger partial charge in [-0.25, -0.2) is 0 Å². The molecule has 150 valence electrons. The second-order valence-electron chi connectivity index (χ2n) is 8.16. The number of rotatable bonds is 4. The van der Waals surface area contributed by atoms with Crippen LogP contribution >= 0.6 is 0 Å². The van der Waals surface area contributed by atoms with Crippen molar-refractivity contribution in [3.63, 3.8) is 0 Å². The van der Waals surface area contributed by atoms with E-state index in [1.165, 1.54) is 18.4 Å². The summed E-state index contributed by atoms with van der Waals surface area (Å²) in [7, 11) is 0. The van der Waals surface area contributed by atoms with Gasteiger partial charge in [0.25, 0.3) is 0 Å². The first kappa shape index (κ1) is 19.1. The standard InChI is InChI=1S/C22H30N4O2/c1-17-6-8-18(9-7-17)21-24-23-20(28-21)16-25-14-10-19(11-15-25)22(27)26-12-4-2-3-5-13-26/h6-9,19H,2-5,10-16H2,1H3. The smallest absolute Gasteiger partial charge is 0.247 e. The van der Waals surface area contributed by atoms with Crippen molar-refractivity contribution in [2.75, 3.05) is 26.2 Å². The lowest BCUT2D eigenvalue weighted by molar-refractivity contribution is -0.137. The Morgan fingerprint density at radius 1 is 1.00 bits per heavy atom. The van der Waals surface area contributed by atoms with Crippen molar-refractivity contribution in [2.24, 2.45) is 5.92 Å². The Balaban J connectivity index is 1.28. The predicted molar refractivity (Wildman–Crippen MR) is 108 cm³/mol. The molecule has 1 aromatic carbocycles. The third-order valence-electron chi connectivity index (χ3n) is 5.98. The van der Waals surface area contributed by atoms with Crippen LogP contribution in [-0.2, 0) is 11.3 Å². The zero-order valence-electron chi connectivity index (χ0n) is 16.8. The van der Waals surface area contributed by atoms with E-state index in [4.69, 9.17) is 4.42 Å². The van der Waals surface area contributed by atoms with Gasteiger partial charge in [0.05, 0.1) is 6.54 Å². The van der Waals surface area contributed by atoms with Crippen LogP contribution in [0, 0.1) is 12.8 Å². The minimum Gasteiger partial charge on any atom is -0.419 e. The van der Waals surface area contributed by atoms with E-state index < -0.39 is 0 Å². The first-order valence-electron chi connectivity index (χ1n) is 10.6. The molecule has 2 saturated heterocycles. The average molecular weight is 383 g/mol. The summed E-state index contributed by atoms with van der Waals surface area (Å²) in [4.78, 5) is 17.2. The molecule has 2 aromatic rings. The molecule has 4 rings (SSSR count). The number of carbonyl (C=O) groups excluding carboxylic acids is 1. The lowest BCUT2D eigenvalue weighted by Gasteiger charge is -2.33. The normalized spacial score (nSPS) is 19.5. The van der Waals surface area contributed by atoms with Crippen LogP contribution < -0.4 is 0 Å². The third-order valence-corrected chi connectivity index (χ3v) is 5.98. The fraction of sp³-hybridized carbons (Fsp3) is 0.591. The quantitative estimate of drug-likeness (QED) is 0.807. The lowest BCUT2D eigenvalue weighted by Crippen LogP contribution is -2.42. The largest absolute Gasteiger partial charge is 0.419 e. The highest BCUT2D eigenvalue weighted by molar-refractivity contribution is 5.79. The van der Waals surface area contributed by atoms with Crippen molar-refractivity contribution >= 4 is 5.91 Å². The number of nitrogens with zero attached hydrogens (tertiary/aromatic N) is 4. The SMILES string of the molecule is Cc1ccc(-c2nnc(CN3CCC(C(=O)N4CCCCCC4)CC3)o2)cc1. The molecule has 1 aromatic heterocycles. The molecule has 0 N–H and O–H groups in total. The number of carbonyl (C=O) groups is 1. The summed E-state index contributed by atoms with van der Waals surface area (Å²) >= 11 is 0. The number of hydrogen-bond donors (Lipinski definition) is 0. The van der Waals surface area contributed by atoms with Gasteiger partial charge in [0.15, 0.2) is 0 Å². The fourth-order valence-electron chi connectivity index (χ4n) is 4.21. The van der Waals surface area contributed by atoms with E-state index in [9.17, 15) is 4.79 Å². The van der Waals surface area contributed by atoms with E-state index in [0.29, 0.717) is 24.2 Å². The van der Waals surface area contributed by atoms with E-state index in [1.54, 1.807) is 0 Å². The van der Waals surface area contributed by atoms with Crippen LogP contribution in [0.2, 0.25) is 0 Å². The molecule has 6 heteroatoms. The fourth-order valence-corrected chi connectivity index (χ4v) is 4.21. The third kappa shape index (κ3) is 4.61. The molecule has 2 fully saturated rings. The Morgan fingerprint density at radius 3 is 2.36 bits per heavy atom. The summed E-state index contributed by atoms with van der Waals surface area (Å²) in [6, 6.07) is 8.11. The van der Waals surface area contributed by atoms with Gasteiger partial charge in [-0.1, -0.05) is 30.5 Å². The highest BCUT2D eigenvalue weighted by Crippen LogP contribution is 2.24. The summed E-state index contributed by atoms with van der Waals surface area (Å²) in [5, 5.41) is 8.40. The highest BCUT2D eigenvalue weighted by atomic mass is 16.4. The van der Waals surface area contributed by atoms with Crippen molar-refractivity contribution < 1.29 is 9.21 Å². The molecule has 28 heavy (non-hydrogen) atoms.